The van der Waals surface area contributed by atoms with Crippen molar-refractivity contribution in [1.29, 1.82) is 0 Å². The molecule has 0 aromatic carbocycles. The van der Waals surface area contributed by atoms with Crippen LogP contribution in [0.3, 0.4) is 0 Å². The number of nitrogens with one attached hydrogen (secondary N) is 1. The monoisotopic (exact) mass is 326 g/mol. The van der Waals surface area contributed by atoms with Crippen molar-refractivity contribution in [3.8, 4) is 0 Å². The number of anilines is 3. The molecule has 8 heteroatoms. The van der Waals surface area contributed by atoms with Crippen molar-refractivity contribution >= 4 is 23.6 Å². The Labute approximate surface area is 139 Å². The van der Waals surface area contributed by atoms with Crippen LogP contribution in [0.25, 0.3) is 0 Å². The summed E-state index contributed by atoms with van der Waals surface area (Å²) >= 11 is 0. The number of pyridine rings is 1. The smallest absolute Gasteiger partial charge is 0.336 e. The lowest BCUT2D eigenvalue weighted by atomic mass is 9.82. The van der Waals surface area contributed by atoms with Gasteiger partial charge in [0.05, 0.1) is 18.1 Å². The van der Waals surface area contributed by atoms with Crippen molar-refractivity contribution in [2.75, 3.05) is 23.4 Å². The predicted octanol–water partition coefficient (Wildman–Crippen LogP) is 1.43. The van der Waals surface area contributed by atoms with Gasteiger partial charge >= 0.3 is 5.97 Å². The van der Waals surface area contributed by atoms with Crippen molar-refractivity contribution in [3.05, 3.63) is 46.9 Å². The highest BCUT2D eigenvalue weighted by Crippen LogP contribution is 2.43. The summed E-state index contributed by atoms with van der Waals surface area (Å²) in [6.45, 7) is 3.82. The van der Waals surface area contributed by atoms with Crippen LogP contribution in [-0.4, -0.2) is 27.5 Å². The van der Waals surface area contributed by atoms with E-state index in [-0.39, 0.29) is 18.4 Å². The summed E-state index contributed by atoms with van der Waals surface area (Å²) in [5.74, 6) is -0.128. The highest BCUT2D eigenvalue weighted by Gasteiger charge is 2.36. The Hall–Kier alpha value is -3.16. The number of esters is 1. The molecule has 0 amide bonds. The third-order valence-corrected chi connectivity index (χ3v) is 3.79. The fourth-order valence-corrected chi connectivity index (χ4v) is 2.85. The maximum atomic E-state index is 12.5. The molecule has 124 valence electrons. The van der Waals surface area contributed by atoms with Gasteiger partial charge in [-0.05, 0) is 25.5 Å². The molecule has 0 spiro atoms. The Bertz CT molecular complexity index is 819. The zero-order valence-corrected chi connectivity index (χ0v) is 13.4. The molecule has 3 heterocycles. The third-order valence-electron chi connectivity index (χ3n) is 3.79. The molecule has 1 atom stereocenters. The van der Waals surface area contributed by atoms with Crippen molar-refractivity contribution in [1.82, 2.24) is 15.0 Å². The molecule has 5 N–H and O–H groups in total. The molecule has 3 rings (SSSR count). The van der Waals surface area contributed by atoms with E-state index in [2.05, 4.69) is 20.3 Å². The van der Waals surface area contributed by atoms with E-state index in [4.69, 9.17) is 16.2 Å². The summed E-state index contributed by atoms with van der Waals surface area (Å²) < 4.78 is 5.22. The van der Waals surface area contributed by atoms with Crippen LogP contribution in [-0.2, 0) is 9.53 Å². The predicted molar refractivity (Wildman–Crippen MR) is 89.9 cm³/mol. The quantitative estimate of drug-likeness (QED) is 0.722. The molecule has 24 heavy (non-hydrogen) atoms. The van der Waals surface area contributed by atoms with Gasteiger partial charge in [-0.1, -0.05) is 6.07 Å². The largest absolute Gasteiger partial charge is 0.463 e. The fraction of sp³-hybridized carbons (Fsp3) is 0.250. The lowest BCUT2D eigenvalue weighted by Gasteiger charge is -2.29. The van der Waals surface area contributed by atoms with Crippen LogP contribution in [0.2, 0.25) is 0 Å². The van der Waals surface area contributed by atoms with Gasteiger partial charge in [-0.15, -0.1) is 0 Å². The first-order valence-corrected chi connectivity index (χ1v) is 7.50. The van der Waals surface area contributed by atoms with Crippen LogP contribution < -0.4 is 16.8 Å². The molecule has 1 aliphatic heterocycles. The van der Waals surface area contributed by atoms with Gasteiger partial charge in [0.25, 0.3) is 0 Å². The Kier molecular flexibility index (Phi) is 4.03. The second-order valence-corrected chi connectivity index (χ2v) is 5.33. The number of nitrogen functional groups attached to an aromatic ring is 2. The van der Waals surface area contributed by atoms with E-state index < -0.39 is 11.9 Å². The number of hydrogen-bond donors (Lipinski definition) is 3. The lowest BCUT2D eigenvalue weighted by molar-refractivity contribution is -0.138. The molecule has 0 aliphatic carbocycles. The van der Waals surface area contributed by atoms with E-state index in [9.17, 15) is 4.79 Å². The Morgan fingerprint density at radius 3 is 2.83 bits per heavy atom. The van der Waals surface area contributed by atoms with Crippen molar-refractivity contribution < 1.29 is 9.53 Å². The molecule has 2 aromatic rings. The van der Waals surface area contributed by atoms with E-state index in [0.29, 0.717) is 22.7 Å². The van der Waals surface area contributed by atoms with E-state index in [1.54, 1.807) is 32.3 Å². The van der Waals surface area contributed by atoms with Crippen LogP contribution in [0.1, 0.15) is 30.9 Å². The number of allylic oxidation sites excluding steroid dienone is 1. The minimum absolute atomic E-state index is 0.0658. The number of rotatable bonds is 3. The third kappa shape index (κ3) is 2.62. The minimum Gasteiger partial charge on any atom is -0.463 e. The molecule has 0 fully saturated rings. The first-order chi connectivity index (χ1) is 11.5. The van der Waals surface area contributed by atoms with Gasteiger partial charge in [0.1, 0.15) is 11.6 Å². The molecule has 2 aromatic heterocycles. The number of nitrogens with zero attached hydrogens (tertiary/aromatic N) is 3. The van der Waals surface area contributed by atoms with Gasteiger partial charge in [-0.2, -0.15) is 9.97 Å². The number of carbonyl (C=O) groups is 1. The zero-order valence-electron chi connectivity index (χ0n) is 13.4. The van der Waals surface area contributed by atoms with Gasteiger partial charge in [-0.3, -0.25) is 4.98 Å². The number of nitrogens with two attached hydrogens (primary N) is 2. The number of aromatic nitrogens is 3. The molecule has 0 radical (unpaired) electrons. The van der Waals surface area contributed by atoms with Crippen molar-refractivity contribution in [3.63, 3.8) is 0 Å². The normalized spacial score (nSPS) is 16.3. The number of fused-ring (bicyclic) bond motifs is 1. The summed E-state index contributed by atoms with van der Waals surface area (Å²) in [5.41, 5.74) is 14.2. The average Bonchev–Trinajstić information content (AvgIpc) is 2.54. The molecule has 1 unspecified atom stereocenters. The maximum Gasteiger partial charge on any atom is 0.336 e. The SMILES string of the molecule is CCOC(=O)C1=C(C)Nc2nc(N)nc(N)c2C1c1cccnc1. The van der Waals surface area contributed by atoms with E-state index in [1.807, 2.05) is 6.07 Å². The number of hydrogen-bond acceptors (Lipinski definition) is 8. The second kappa shape index (κ2) is 6.15. The molecular formula is C16H18N6O2. The highest BCUT2D eigenvalue weighted by molar-refractivity contribution is 5.95. The molecule has 0 bridgehead atoms. The highest BCUT2D eigenvalue weighted by atomic mass is 16.5. The summed E-state index contributed by atoms with van der Waals surface area (Å²) in [6, 6.07) is 3.67. The first-order valence-electron chi connectivity index (χ1n) is 7.50. The Morgan fingerprint density at radius 2 is 2.17 bits per heavy atom. The Morgan fingerprint density at radius 1 is 1.38 bits per heavy atom. The van der Waals surface area contributed by atoms with Crippen LogP contribution in [0.15, 0.2) is 35.8 Å². The summed E-state index contributed by atoms with van der Waals surface area (Å²) in [4.78, 5) is 24.9. The fourth-order valence-electron chi connectivity index (χ4n) is 2.85. The first kappa shape index (κ1) is 15.7. The van der Waals surface area contributed by atoms with E-state index >= 15 is 0 Å². The standard InChI is InChI=1S/C16H18N6O2/c1-3-24-15(23)10-8(2)20-14-12(13(17)21-16(18)22-14)11(10)9-5-4-6-19-7-9/h4-7,11H,3H2,1-2H3,(H5,17,18,20,21,22). The van der Waals surface area contributed by atoms with Gasteiger partial charge < -0.3 is 21.5 Å². The maximum absolute atomic E-state index is 12.5. The molecule has 8 nitrogen and oxygen atoms in total. The molecule has 0 saturated heterocycles. The number of ether oxygens (including phenoxy) is 1. The minimum atomic E-state index is -0.477. The van der Waals surface area contributed by atoms with E-state index in [0.717, 1.165) is 5.56 Å². The zero-order chi connectivity index (χ0) is 17.3. The van der Waals surface area contributed by atoms with Crippen molar-refractivity contribution in [2.45, 2.75) is 19.8 Å². The Balaban J connectivity index is 2.24. The van der Waals surface area contributed by atoms with Crippen LogP contribution >= 0.6 is 0 Å². The van der Waals surface area contributed by atoms with Gasteiger partial charge in [0.15, 0.2) is 0 Å². The van der Waals surface area contributed by atoms with Gasteiger partial charge in [-0.25, -0.2) is 4.79 Å². The lowest BCUT2D eigenvalue weighted by Crippen LogP contribution is -2.26. The van der Waals surface area contributed by atoms with Gasteiger partial charge in [0.2, 0.25) is 5.95 Å². The molecular weight excluding hydrogens is 308 g/mol. The van der Waals surface area contributed by atoms with Crippen molar-refractivity contribution in [2.24, 2.45) is 0 Å². The van der Waals surface area contributed by atoms with Crippen LogP contribution in [0, 0.1) is 0 Å². The molecule has 1 aliphatic rings. The summed E-state index contributed by atoms with van der Waals surface area (Å²) in [7, 11) is 0. The second-order valence-electron chi connectivity index (χ2n) is 5.33. The molecule has 0 saturated carbocycles. The summed E-state index contributed by atoms with van der Waals surface area (Å²) in [6.07, 6.45) is 3.34. The van der Waals surface area contributed by atoms with Crippen LogP contribution in [0.5, 0.6) is 0 Å². The summed E-state index contributed by atoms with van der Waals surface area (Å²) in [5, 5.41) is 3.08. The van der Waals surface area contributed by atoms with Crippen LogP contribution in [0.4, 0.5) is 17.6 Å². The topological polar surface area (TPSA) is 129 Å². The van der Waals surface area contributed by atoms with E-state index in [1.165, 1.54) is 0 Å². The van der Waals surface area contributed by atoms with Gasteiger partial charge in [0, 0.05) is 23.7 Å². The average molecular weight is 326 g/mol. The number of carbonyl (C=O) groups excluding carboxylic acids is 1.